The molecule has 1 N–H and O–H groups in total. The number of fused-ring (bicyclic) bond motifs is 1. The van der Waals surface area contributed by atoms with Gasteiger partial charge in [-0.1, -0.05) is 73.5 Å². The van der Waals surface area contributed by atoms with Gasteiger partial charge in [0.25, 0.3) is 0 Å². The molecule has 5 rings (SSSR count). The number of anilines is 1. The third kappa shape index (κ3) is 5.06. The minimum absolute atomic E-state index is 0.0271. The molecule has 1 heterocycles. The highest BCUT2D eigenvalue weighted by Crippen LogP contribution is 2.35. The second kappa shape index (κ2) is 10.8. The van der Waals surface area contributed by atoms with Crippen molar-refractivity contribution in [2.45, 2.75) is 44.6 Å². The van der Waals surface area contributed by atoms with Crippen molar-refractivity contribution in [1.82, 2.24) is 4.57 Å². The van der Waals surface area contributed by atoms with E-state index in [4.69, 9.17) is 4.74 Å². The molecular formula is C31H32N2O3. The Morgan fingerprint density at radius 3 is 2.19 bits per heavy atom. The van der Waals surface area contributed by atoms with Crippen molar-refractivity contribution in [2.24, 2.45) is 5.92 Å². The van der Waals surface area contributed by atoms with E-state index in [1.807, 2.05) is 18.2 Å². The molecule has 1 aliphatic carbocycles. The molecule has 5 nitrogen and oxygen atoms in total. The van der Waals surface area contributed by atoms with Gasteiger partial charge in [-0.3, -0.25) is 9.59 Å². The first-order valence-electron chi connectivity index (χ1n) is 12.7. The van der Waals surface area contributed by atoms with Crippen molar-refractivity contribution in [3.05, 3.63) is 102 Å². The van der Waals surface area contributed by atoms with E-state index in [2.05, 4.69) is 76.7 Å². The standard InChI is InChI=1S/C31H32N2O3/c1-36-29(34)19-16-25-21-33(30(22-10-4-2-5-11-22)23-12-6-3-7-13-23)28-18-17-26(20-27(25)28)32-31(35)24-14-8-9-15-24/h2-7,10-13,17-18,20-21,24,30H,8-9,14-16,19H2,1H3,(H,32,35). The summed E-state index contributed by atoms with van der Waals surface area (Å²) in [6.07, 6.45) is 7.19. The molecule has 0 spiro atoms. The molecule has 0 atom stereocenters. The zero-order valence-electron chi connectivity index (χ0n) is 20.7. The summed E-state index contributed by atoms with van der Waals surface area (Å²) in [6, 6.07) is 27.0. The lowest BCUT2D eigenvalue weighted by molar-refractivity contribution is -0.140. The number of nitrogens with one attached hydrogen (secondary N) is 1. The first-order chi connectivity index (χ1) is 17.6. The number of benzene rings is 3. The Labute approximate surface area is 212 Å². The molecule has 0 aliphatic heterocycles. The van der Waals surface area contributed by atoms with Gasteiger partial charge in [0.15, 0.2) is 0 Å². The number of hydrogen-bond donors (Lipinski definition) is 1. The van der Waals surface area contributed by atoms with Crippen LogP contribution in [0, 0.1) is 5.92 Å². The zero-order valence-corrected chi connectivity index (χ0v) is 20.7. The van der Waals surface area contributed by atoms with Crippen molar-refractivity contribution in [2.75, 3.05) is 12.4 Å². The topological polar surface area (TPSA) is 60.3 Å². The van der Waals surface area contributed by atoms with Gasteiger partial charge in [-0.25, -0.2) is 0 Å². The van der Waals surface area contributed by atoms with E-state index in [-0.39, 0.29) is 23.8 Å². The summed E-state index contributed by atoms with van der Waals surface area (Å²) in [6.45, 7) is 0. The third-order valence-corrected chi connectivity index (χ3v) is 7.24. The summed E-state index contributed by atoms with van der Waals surface area (Å²) in [4.78, 5) is 24.8. The minimum atomic E-state index is -0.232. The minimum Gasteiger partial charge on any atom is -0.469 e. The van der Waals surface area contributed by atoms with E-state index < -0.39 is 0 Å². The highest BCUT2D eigenvalue weighted by atomic mass is 16.5. The fourth-order valence-electron chi connectivity index (χ4n) is 5.37. The van der Waals surface area contributed by atoms with Crippen molar-refractivity contribution in [3.63, 3.8) is 0 Å². The summed E-state index contributed by atoms with van der Waals surface area (Å²) in [5.41, 5.74) is 5.28. The highest BCUT2D eigenvalue weighted by Gasteiger charge is 2.24. The van der Waals surface area contributed by atoms with Gasteiger partial charge in [-0.2, -0.15) is 0 Å². The monoisotopic (exact) mass is 480 g/mol. The third-order valence-electron chi connectivity index (χ3n) is 7.24. The van der Waals surface area contributed by atoms with Crippen LogP contribution in [-0.4, -0.2) is 23.6 Å². The molecule has 0 saturated heterocycles. The number of ether oxygens (including phenoxy) is 1. The number of nitrogens with zero attached hydrogens (tertiary/aromatic N) is 1. The van der Waals surface area contributed by atoms with E-state index in [1.165, 1.54) is 18.2 Å². The summed E-state index contributed by atoms with van der Waals surface area (Å²) in [5, 5.41) is 4.18. The number of esters is 1. The number of aryl methyl sites for hydroxylation is 1. The molecule has 1 fully saturated rings. The number of carbonyl (C=O) groups is 2. The molecule has 1 saturated carbocycles. The first-order valence-corrected chi connectivity index (χ1v) is 12.7. The van der Waals surface area contributed by atoms with E-state index in [1.54, 1.807) is 0 Å². The van der Waals surface area contributed by atoms with Gasteiger partial charge >= 0.3 is 5.97 Å². The second-order valence-electron chi connectivity index (χ2n) is 9.56. The number of carbonyl (C=O) groups excluding carboxylic acids is 2. The van der Waals surface area contributed by atoms with Crippen LogP contribution in [0.4, 0.5) is 5.69 Å². The van der Waals surface area contributed by atoms with E-state index in [9.17, 15) is 9.59 Å². The predicted molar refractivity (Wildman–Crippen MR) is 143 cm³/mol. The van der Waals surface area contributed by atoms with E-state index in [0.717, 1.165) is 47.8 Å². The lowest BCUT2D eigenvalue weighted by Gasteiger charge is -2.22. The van der Waals surface area contributed by atoms with Gasteiger partial charge in [0, 0.05) is 35.1 Å². The fraction of sp³-hybridized carbons (Fsp3) is 0.290. The lowest BCUT2D eigenvalue weighted by atomic mass is 9.98. The highest BCUT2D eigenvalue weighted by molar-refractivity contribution is 5.96. The fourth-order valence-corrected chi connectivity index (χ4v) is 5.37. The Balaban J connectivity index is 1.59. The van der Waals surface area contributed by atoms with Gasteiger partial charge < -0.3 is 14.6 Å². The molecule has 5 heteroatoms. The van der Waals surface area contributed by atoms with Crippen molar-refractivity contribution >= 4 is 28.5 Å². The maximum atomic E-state index is 12.8. The summed E-state index contributed by atoms with van der Waals surface area (Å²) in [5.74, 6) is -0.0252. The molecule has 1 aliphatic rings. The van der Waals surface area contributed by atoms with Crippen molar-refractivity contribution in [1.29, 1.82) is 0 Å². The van der Waals surface area contributed by atoms with Gasteiger partial charge in [0.05, 0.1) is 13.2 Å². The van der Waals surface area contributed by atoms with Gasteiger partial charge in [0.1, 0.15) is 0 Å². The Hall–Kier alpha value is -3.86. The molecule has 4 aromatic rings. The van der Waals surface area contributed by atoms with Crippen LogP contribution in [0.25, 0.3) is 10.9 Å². The Kier molecular flexibility index (Phi) is 7.17. The zero-order chi connectivity index (χ0) is 24.9. The quantitative estimate of drug-likeness (QED) is 0.292. The Morgan fingerprint density at radius 2 is 1.58 bits per heavy atom. The van der Waals surface area contributed by atoms with Crippen LogP contribution < -0.4 is 5.32 Å². The van der Waals surface area contributed by atoms with E-state index >= 15 is 0 Å². The predicted octanol–water partition coefficient (Wildman–Crippen LogP) is 6.51. The maximum Gasteiger partial charge on any atom is 0.305 e. The van der Waals surface area contributed by atoms with Crippen LogP contribution in [0.1, 0.15) is 54.8 Å². The molecule has 1 amide bonds. The van der Waals surface area contributed by atoms with Crippen molar-refractivity contribution in [3.8, 4) is 0 Å². The molecular weight excluding hydrogens is 448 g/mol. The SMILES string of the molecule is COC(=O)CCc1cn(C(c2ccccc2)c2ccccc2)c2ccc(NC(=O)C3CCCC3)cc12. The number of amides is 1. The molecule has 36 heavy (non-hydrogen) atoms. The van der Waals surface area contributed by atoms with Crippen LogP contribution >= 0.6 is 0 Å². The smallest absolute Gasteiger partial charge is 0.305 e. The average Bonchev–Trinajstić information content (AvgIpc) is 3.58. The summed E-state index contributed by atoms with van der Waals surface area (Å²) in [7, 11) is 1.42. The Morgan fingerprint density at radius 1 is 0.944 bits per heavy atom. The van der Waals surface area contributed by atoms with Crippen molar-refractivity contribution < 1.29 is 14.3 Å². The number of hydrogen-bond acceptors (Lipinski definition) is 3. The molecule has 184 valence electrons. The molecule has 3 aromatic carbocycles. The molecule has 1 aromatic heterocycles. The van der Waals surface area contributed by atoms with Crippen LogP contribution in [-0.2, 0) is 20.7 Å². The summed E-state index contributed by atoms with van der Waals surface area (Å²) < 4.78 is 7.19. The van der Waals surface area contributed by atoms with Crippen LogP contribution in [0.5, 0.6) is 0 Å². The van der Waals surface area contributed by atoms with Crippen LogP contribution in [0.15, 0.2) is 85.1 Å². The number of rotatable bonds is 8. The molecule has 0 unspecified atom stereocenters. The number of aromatic nitrogens is 1. The van der Waals surface area contributed by atoms with Gasteiger partial charge in [-0.05, 0) is 54.2 Å². The normalized spacial score (nSPS) is 13.8. The lowest BCUT2D eigenvalue weighted by Crippen LogP contribution is -2.20. The Bertz CT molecular complexity index is 1300. The van der Waals surface area contributed by atoms with E-state index in [0.29, 0.717) is 12.8 Å². The van der Waals surface area contributed by atoms with Gasteiger partial charge in [0.2, 0.25) is 5.91 Å². The first kappa shape index (κ1) is 23.9. The summed E-state index contributed by atoms with van der Waals surface area (Å²) >= 11 is 0. The molecule has 0 bridgehead atoms. The largest absolute Gasteiger partial charge is 0.469 e. The maximum absolute atomic E-state index is 12.8. The second-order valence-corrected chi connectivity index (χ2v) is 9.56. The number of methoxy groups -OCH3 is 1. The van der Waals surface area contributed by atoms with Gasteiger partial charge in [-0.15, -0.1) is 0 Å². The van der Waals surface area contributed by atoms with Crippen LogP contribution in [0.2, 0.25) is 0 Å². The molecule has 0 radical (unpaired) electrons. The van der Waals surface area contributed by atoms with Crippen LogP contribution in [0.3, 0.4) is 0 Å². The average molecular weight is 481 g/mol.